The molecule has 2 aromatic rings. The van der Waals surface area contributed by atoms with Gasteiger partial charge in [-0.1, -0.05) is 12.1 Å². The average Bonchev–Trinajstić information content (AvgIpc) is 2.53. The molecule has 1 aromatic carbocycles. The van der Waals surface area contributed by atoms with Gasteiger partial charge in [-0.2, -0.15) is 5.10 Å². The SMILES string of the molecule is Nc1ccccc1-n1cc(Br)cn1. The van der Waals surface area contributed by atoms with Gasteiger partial charge in [0, 0.05) is 6.20 Å². The van der Waals surface area contributed by atoms with Crippen molar-refractivity contribution in [2.75, 3.05) is 5.73 Å². The number of nitrogen functional groups attached to an aromatic ring is 1. The molecule has 0 spiro atoms. The van der Waals surface area contributed by atoms with E-state index in [-0.39, 0.29) is 0 Å². The summed E-state index contributed by atoms with van der Waals surface area (Å²) in [5.74, 6) is 0. The molecule has 0 radical (unpaired) electrons. The monoisotopic (exact) mass is 237 g/mol. The first-order chi connectivity index (χ1) is 6.27. The molecule has 1 heterocycles. The second-order valence-electron chi connectivity index (χ2n) is 2.66. The smallest absolute Gasteiger partial charge is 0.0875 e. The quantitative estimate of drug-likeness (QED) is 0.774. The largest absolute Gasteiger partial charge is 0.397 e. The molecule has 2 N–H and O–H groups in total. The molecule has 0 aliphatic heterocycles. The van der Waals surface area contributed by atoms with Crippen LogP contribution in [-0.4, -0.2) is 9.78 Å². The van der Waals surface area contributed by atoms with Crippen molar-refractivity contribution in [3.05, 3.63) is 41.1 Å². The van der Waals surface area contributed by atoms with Crippen LogP contribution < -0.4 is 5.73 Å². The van der Waals surface area contributed by atoms with E-state index < -0.39 is 0 Å². The summed E-state index contributed by atoms with van der Waals surface area (Å²) in [4.78, 5) is 0. The number of nitrogens with zero attached hydrogens (tertiary/aromatic N) is 2. The number of nitrogens with two attached hydrogens (primary N) is 1. The molecule has 0 atom stereocenters. The van der Waals surface area contributed by atoms with Crippen molar-refractivity contribution in [3.8, 4) is 5.69 Å². The Balaban J connectivity index is 2.52. The van der Waals surface area contributed by atoms with E-state index in [9.17, 15) is 0 Å². The van der Waals surface area contributed by atoms with Gasteiger partial charge >= 0.3 is 0 Å². The number of hydrogen-bond acceptors (Lipinski definition) is 2. The van der Waals surface area contributed by atoms with E-state index in [1.54, 1.807) is 10.9 Å². The van der Waals surface area contributed by atoms with Gasteiger partial charge in [-0.15, -0.1) is 0 Å². The van der Waals surface area contributed by atoms with E-state index in [1.165, 1.54) is 0 Å². The van der Waals surface area contributed by atoms with Crippen molar-refractivity contribution < 1.29 is 0 Å². The molecular weight excluding hydrogens is 230 g/mol. The van der Waals surface area contributed by atoms with E-state index >= 15 is 0 Å². The molecule has 66 valence electrons. The fourth-order valence-electron chi connectivity index (χ4n) is 1.13. The molecule has 0 aliphatic rings. The van der Waals surface area contributed by atoms with Crippen LogP contribution in [0.3, 0.4) is 0 Å². The van der Waals surface area contributed by atoms with Gasteiger partial charge in [0.25, 0.3) is 0 Å². The van der Waals surface area contributed by atoms with Gasteiger partial charge in [-0.05, 0) is 28.1 Å². The third kappa shape index (κ3) is 1.58. The predicted molar refractivity (Wildman–Crippen MR) is 55.7 cm³/mol. The molecule has 0 fully saturated rings. The minimum absolute atomic E-state index is 0.720. The molecule has 3 nitrogen and oxygen atoms in total. The Labute approximate surface area is 84.3 Å². The number of hydrogen-bond donors (Lipinski definition) is 1. The van der Waals surface area contributed by atoms with Crippen molar-refractivity contribution in [2.45, 2.75) is 0 Å². The predicted octanol–water partition coefficient (Wildman–Crippen LogP) is 2.22. The highest BCUT2D eigenvalue weighted by molar-refractivity contribution is 9.10. The fraction of sp³-hybridized carbons (Fsp3) is 0. The number of aromatic nitrogens is 2. The highest BCUT2D eigenvalue weighted by atomic mass is 79.9. The first-order valence-corrected chi connectivity index (χ1v) is 4.62. The van der Waals surface area contributed by atoms with Crippen LogP contribution in [0.5, 0.6) is 0 Å². The number of para-hydroxylation sites is 2. The van der Waals surface area contributed by atoms with E-state index in [2.05, 4.69) is 21.0 Å². The van der Waals surface area contributed by atoms with Gasteiger partial charge in [0.2, 0.25) is 0 Å². The van der Waals surface area contributed by atoms with Crippen LogP contribution in [-0.2, 0) is 0 Å². The summed E-state index contributed by atoms with van der Waals surface area (Å²) in [6.45, 7) is 0. The summed E-state index contributed by atoms with van der Waals surface area (Å²) in [6, 6.07) is 7.61. The fourth-order valence-corrected chi connectivity index (χ4v) is 1.41. The lowest BCUT2D eigenvalue weighted by molar-refractivity contribution is 0.883. The van der Waals surface area contributed by atoms with Gasteiger partial charge in [-0.3, -0.25) is 0 Å². The van der Waals surface area contributed by atoms with Crippen LogP contribution in [0.1, 0.15) is 0 Å². The third-order valence-electron chi connectivity index (χ3n) is 1.73. The normalized spacial score (nSPS) is 10.2. The van der Waals surface area contributed by atoms with Crippen molar-refractivity contribution in [1.82, 2.24) is 9.78 Å². The molecule has 13 heavy (non-hydrogen) atoms. The van der Waals surface area contributed by atoms with Gasteiger partial charge in [0.05, 0.1) is 22.0 Å². The third-order valence-corrected chi connectivity index (χ3v) is 2.14. The first kappa shape index (κ1) is 8.31. The van der Waals surface area contributed by atoms with Gasteiger partial charge in [0.1, 0.15) is 0 Å². The van der Waals surface area contributed by atoms with Crippen LogP contribution in [0.2, 0.25) is 0 Å². The molecule has 4 heteroatoms. The number of rotatable bonds is 1. The van der Waals surface area contributed by atoms with Gasteiger partial charge in [-0.25, -0.2) is 4.68 Å². The Morgan fingerprint density at radius 3 is 2.69 bits per heavy atom. The van der Waals surface area contributed by atoms with E-state index in [4.69, 9.17) is 5.73 Å². The lowest BCUT2D eigenvalue weighted by atomic mass is 10.3. The molecule has 0 unspecified atom stereocenters. The number of halogens is 1. The van der Waals surface area contributed by atoms with Crippen LogP contribution in [0, 0.1) is 0 Å². The average molecular weight is 238 g/mol. The van der Waals surface area contributed by atoms with Crippen LogP contribution in [0.25, 0.3) is 5.69 Å². The van der Waals surface area contributed by atoms with Crippen LogP contribution >= 0.6 is 15.9 Å². The summed E-state index contributed by atoms with van der Waals surface area (Å²) in [5, 5.41) is 4.14. The number of benzene rings is 1. The van der Waals surface area contributed by atoms with Crippen molar-refractivity contribution in [2.24, 2.45) is 0 Å². The molecule has 1 aromatic heterocycles. The summed E-state index contributed by atoms with van der Waals surface area (Å²) in [7, 11) is 0. The highest BCUT2D eigenvalue weighted by Crippen LogP contribution is 2.17. The Kier molecular flexibility index (Phi) is 2.06. The van der Waals surface area contributed by atoms with Crippen LogP contribution in [0.4, 0.5) is 5.69 Å². The highest BCUT2D eigenvalue weighted by Gasteiger charge is 2.01. The number of anilines is 1. The maximum absolute atomic E-state index is 5.79. The molecule has 0 saturated heterocycles. The molecule has 0 bridgehead atoms. The van der Waals surface area contributed by atoms with Crippen molar-refractivity contribution >= 4 is 21.6 Å². The summed E-state index contributed by atoms with van der Waals surface area (Å²) >= 11 is 3.33. The molecule has 0 amide bonds. The Hall–Kier alpha value is -1.29. The standard InChI is InChI=1S/C9H8BrN3/c10-7-5-12-13(6-7)9-4-2-1-3-8(9)11/h1-6H,11H2. The maximum atomic E-state index is 5.79. The van der Waals surface area contributed by atoms with Crippen molar-refractivity contribution in [3.63, 3.8) is 0 Å². The Morgan fingerprint density at radius 2 is 2.08 bits per heavy atom. The lowest BCUT2D eigenvalue weighted by Gasteiger charge is -2.03. The summed E-state index contributed by atoms with van der Waals surface area (Å²) in [6.07, 6.45) is 3.60. The second kappa shape index (κ2) is 3.22. The molecule has 0 saturated carbocycles. The lowest BCUT2D eigenvalue weighted by Crippen LogP contribution is -1.98. The maximum Gasteiger partial charge on any atom is 0.0875 e. The van der Waals surface area contributed by atoms with E-state index in [1.807, 2.05) is 30.5 Å². The summed E-state index contributed by atoms with van der Waals surface area (Å²) in [5.41, 5.74) is 7.40. The van der Waals surface area contributed by atoms with Gasteiger partial charge < -0.3 is 5.73 Å². The summed E-state index contributed by atoms with van der Waals surface area (Å²) < 4.78 is 2.68. The molecule has 2 rings (SSSR count). The topological polar surface area (TPSA) is 43.8 Å². The zero-order valence-corrected chi connectivity index (χ0v) is 8.40. The Morgan fingerprint density at radius 1 is 1.31 bits per heavy atom. The van der Waals surface area contributed by atoms with E-state index in [0.717, 1.165) is 15.8 Å². The van der Waals surface area contributed by atoms with E-state index in [0.29, 0.717) is 0 Å². The molecule has 0 aliphatic carbocycles. The zero-order valence-electron chi connectivity index (χ0n) is 6.81. The zero-order chi connectivity index (χ0) is 9.26. The van der Waals surface area contributed by atoms with Crippen molar-refractivity contribution in [1.29, 1.82) is 0 Å². The first-order valence-electron chi connectivity index (χ1n) is 3.82. The Bertz CT molecular complexity index is 422. The van der Waals surface area contributed by atoms with Gasteiger partial charge in [0.15, 0.2) is 0 Å². The minimum Gasteiger partial charge on any atom is -0.397 e. The second-order valence-corrected chi connectivity index (χ2v) is 3.58. The minimum atomic E-state index is 0.720. The molecular formula is C9H8BrN3. The van der Waals surface area contributed by atoms with Crippen LogP contribution in [0.15, 0.2) is 41.1 Å².